The fraction of sp³-hybridized carbons (Fsp3) is 0.143. The maximum Gasteiger partial charge on any atom is 0.128 e. The molecular formula is C14H14ClFN2O. The van der Waals surface area contributed by atoms with Crippen molar-refractivity contribution in [2.24, 2.45) is 5.84 Å². The van der Waals surface area contributed by atoms with Crippen LogP contribution in [0.5, 0.6) is 5.75 Å². The first-order chi connectivity index (χ1) is 9.20. The van der Waals surface area contributed by atoms with Crippen molar-refractivity contribution in [3.63, 3.8) is 0 Å². The highest BCUT2D eigenvalue weighted by molar-refractivity contribution is 6.30. The highest BCUT2D eigenvalue weighted by atomic mass is 35.5. The minimum absolute atomic E-state index is 0.221. The molecule has 0 amide bonds. The van der Waals surface area contributed by atoms with E-state index in [-0.39, 0.29) is 12.4 Å². The Morgan fingerprint density at radius 1 is 1.16 bits per heavy atom. The van der Waals surface area contributed by atoms with Gasteiger partial charge < -0.3 is 4.74 Å². The zero-order valence-corrected chi connectivity index (χ0v) is 10.9. The zero-order chi connectivity index (χ0) is 13.7. The Balaban J connectivity index is 2.04. The molecule has 0 heterocycles. The smallest absolute Gasteiger partial charge is 0.128 e. The highest BCUT2D eigenvalue weighted by Gasteiger charge is 2.14. The minimum Gasteiger partial charge on any atom is -0.492 e. The molecule has 3 N–H and O–H groups in total. The van der Waals surface area contributed by atoms with E-state index in [0.717, 1.165) is 0 Å². The van der Waals surface area contributed by atoms with E-state index in [9.17, 15) is 4.39 Å². The standard InChI is InChI=1S/C14H14ClFN2O/c15-10-5-7-11(8-6-10)19-9-14(18-17)12-3-1-2-4-13(12)16/h1-8,14,18H,9,17H2. The van der Waals surface area contributed by atoms with Crippen LogP contribution in [-0.2, 0) is 0 Å². The average Bonchev–Trinajstić information content (AvgIpc) is 2.43. The van der Waals surface area contributed by atoms with Crippen molar-refractivity contribution in [2.45, 2.75) is 6.04 Å². The van der Waals surface area contributed by atoms with Crippen LogP contribution in [0.15, 0.2) is 48.5 Å². The second kappa shape index (κ2) is 6.52. The molecule has 1 unspecified atom stereocenters. The molecule has 2 aromatic carbocycles. The third-order valence-electron chi connectivity index (χ3n) is 2.71. The lowest BCUT2D eigenvalue weighted by Crippen LogP contribution is -2.32. The predicted octanol–water partition coefficient (Wildman–Crippen LogP) is 3.06. The van der Waals surface area contributed by atoms with Crippen molar-refractivity contribution >= 4 is 11.6 Å². The largest absolute Gasteiger partial charge is 0.492 e. The Kier molecular flexibility index (Phi) is 4.74. The zero-order valence-electron chi connectivity index (χ0n) is 10.1. The molecule has 0 fully saturated rings. The van der Waals surface area contributed by atoms with E-state index in [4.69, 9.17) is 22.2 Å². The van der Waals surface area contributed by atoms with Crippen LogP contribution in [0, 0.1) is 5.82 Å². The van der Waals surface area contributed by atoms with Gasteiger partial charge >= 0.3 is 0 Å². The molecule has 5 heteroatoms. The number of rotatable bonds is 5. The quantitative estimate of drug-likeness (QED) is 0.654. The summed E-state index contributed by atoms with van der Waals surface area (Å²) in [5, 5.41) is 0.634. The molecule has 0 radical (unpaired) electrons. The maximum atomic E-state index is 13.6. The van der Waals surface area contributed by atoms with Crippen LogP contribution in [0.25, 0.3) is 0 Å². The molecule has 0 aliphatic carbocycles. The van der Waals surface area contributed by atoms with E-state index in [1.807, 2.05) is 0 Å². The van der Waals surface area contributed by atoms with Crippen molar-refractivity contribution in [2.75, 3.05) is 6.61 Å². The summed E-state index contributed by atoms with van der Waals surface area (Å²) >= 11 is 5.78. The van der Waals surface area contributed by atoms with Crippen LogP contribution in [0.2, 0.25) is 5.02 Å². The summed E-state index contributed by atoms with van der Waals surface area (Å²) in [5.74, 6) is 5.78. The topological polar surface area (TPSA) is 47.3 Å². The van der Waals surface area contributed by atoms with Crippen molar-refractivity contribution in [3.05, 3.63) is 64.9 Å². The summed E-state index contributed by atoms with van der Waals surface area (Å²) in [6, 6.07) is 13.0. The van der Waals surface area contributed by atoms with E-state index in [1.54, 1.807) is 42.5 Å². The highest BCUT2D eigenvalue weighted by Crippen LogP contribution is 2.20. The first kappa shape index (κ1) is 13.8. The van der Waals surface area contributed by atoms with Crippen LogP contribution in [0.1, 0.15) is 11.6 Å². The Bertz CT molecular complexity index is 533. The third kappa shape index (κ3) is 3.67. The first-order valence-electron chi connectivity index (χ1n) is 5.79. The Hall–Kier alpha value is -1.62. The van der Waals surface area contributed by atoms with Gasteiger partial charge in [-0.25, -0.2) is 9.82 Å². The molecular weight excluding hydrogens is 267 g/mol. The number of hydrazine groups is 1. The first-order valence-corrected chi connectivity index (χ1v) is 6.17. The second-order valence-electron chi connectivity index (χ2n) is 4.01. The fourth-order valence-corrected chi connectivity index (χ4v) is 1.82. The molecule has 0 spiro atoms. The number of nitrogens with one attached hydrogen (secondary N) is 1. The third-order valence-corrected chi connectivity index (χ3v) is 2.96. The molecule has 2 aromatic rings. The van der Waals surface area contributed by atoms with Crippen LogP contribution < -0.4 is 16.0 Å². The molecule has 0 aliphatic heterocycles. The summed E-state index contributed by atoms with van der Waals surface area (Å²) in [6.45, 7) is 0.221. The summed E-state index contributed by atoms with van der Waals surface area (Å²) in [7, 11) is 0. The van der Waals surface area contributed by atoms with E-state index in [0.29, 0.717) is 16.3 Å². The van der Waals surface area contributed by atoms with Gasteiger partial charge in [-0.3, -0.25) is 5.84 Å². The summed E-state index contributed by atoms with van der Waals surface area (Å²) < 4.78 is 19.2. The Labute approximate surface area is 116 Å². The molecule has 19 heavy (non-hydrogen) atoms. The van der Waals surface area contributed by atoms with Crippen LogP contribution >= 0.6 is 11.6 Å². The normalized spacial score (nSPS) is 12.2. The number of nitrogens with two attached hydrogens (primary N) is 1. The second-order valence-corrected chi connectivity index (χ2v) is 4.44. The van der Waals surface area contributed by atoms with Gasteiger partial charge in [0.05, 0.1) is 6.04 Å². The SMILES string of the molecule is NNC(COc1ccc(Cl)cc1)c1ccccc1F. The van der Waals surface area contributed by atoms with Crippen LogP contribution in [0.4, 0.5) is 4.39 Å². The van der Waals surface area contributed by atoms with Gasteiger partial charge in [-0.2, -0.15) is 0 Å². The molecule has 0 saturated carbocycles. The molecule has 100 valence electrons. The van der Waals surface area contributed by atoms with Crippen LogP contribution in [0.3, 0.4) is 0 Å². The van der Waals surface area contributed by atoms with Gasteiger partial charge in [0, 0.05) is 10.6 Å². The van der Waals surface area contributed by atoms with Crippen molar-refractivity contribution < 1.29 is 9.13 Å². The Morgan fingerprint density at radius 2 is 1.84 bits per heavy atom. The van der Waals surface area contributed by atoms with Gasteiger partial charge in [0.15, 0.2) is 0 Å². The fourth-order valence-electron chi connectivity index (χ4n) is 1.70. The van der Waals surface area contributed by atoms with Crippen LogP contribution in [-0.4, -0.2) is 6.61 Å². The van der Waals surface area contributed by atoms with Crippen molar-refractivity contribution in [1.82, 2.24) is 5.43 Å². The van der Waals surface area contributed by atoms with Gasteiger partial charge in [-0.15, -0.1) is 0 Å². The lowest BCUT2D eigenvalue weighted by Gasteiger charge is -2.17. The maximum absolute atomic E-state index is 13.6. The van der Waals surface area contributed by atoms with Crippen molar-refractivity contribution in [1.29, 1.82) is 0 Å². The molecule has 0 saturated heterocycles. The average molecular weight is 281 g/mol. The van der Waals surface area contributed by atoms with Crippen molar-refractivity contribution in [3.8, 4) is 5.75 Å². The van der Waals surface area contributed by atoms with E-state index in [2.05, 4.69) is 5.43 Å². The molecule has 3 nitrogen and oxygen atoms in total. The van der Waals surface area contributed by atoms with Gasteiger partial charge in [0.2, 0.25) is 0 Å². The number of halogens is 2. The summed E-state index contributed by atoms with van der Waals surface area (Å²) in [6.07, 6.45) is 0. The van der Waals surface area contributed by atoms with Gasteiger partial charge in [-0.1, -0.05) is 29.8 Å². The Morgan fingerprint density at radius 3 is 2.47 bits per heavy atom. The minimum atomic E-state index is -0.420. The summed E-state index contributed by atoms with van der Waals surface area (Å²) in [4.78, 5) is 0. The number of benzene rings is 2. The molecule has 0 aliphatic rings. The van der Waals surface area contributed by atoms with Gasteiger partial charge in [-0.05, 0) is 30.3 Å². The molecule has 0 bridgehead atoms. The molecule has 2 rings (SSSR count). The monoisotopic (exact) mass is 280 g/mol. The number of ether oxygens (including phenoxy) is 1. The summed E-state index contributed by atoms with van der Waals surface area (Å²) in [5.41, 5.74) is 3.02. The van der Waals surface area contributed by atoms with Gasteiger partial charge in [0.25, 0.3) is 0 Å². The van der Waals surface area contributed by atoms with Gasteiger partial charge in [0.1, 0.15) is 18.2 Å². The number of hydrogen-bond donors (Lipinski definition) is 2. The lowest BCUT2D eigenvalue weighted by atomic mass is 10.1. The molecule has 0 aromatic heterocycles. The molecule has 1 atom stereocenters. The lowest BCUT2D eigenvalue weighted by molar-refractivity contribution is 0.264. The predicted molar refractivity (Wildman–Crippen MR) is 73.4 cm³/mol. The van der Waals surface area contributed by atoms with E-state index >= 15 is 0 Å². The van der Waals surface area contributed by atoms with E-state index < -0.39 is 6.04 Å². The van der Waals surface area contributed by atoms with E-state index in [1.165, 1.54) is 6.07 Å². The number of hydrogen-bond acceptors (Lipinski definition) is 3.